The van der Waals surface area contributed by atoms with E-state index in [1.54, 1.807) is 0 Å². The topological polar surface area (TPSA) is 15.3 Å². The monoisotopic (exact) mass is 220 g/mol. The first-order valence-electron chi connectivity index (χ1n) is 5.53. The van der Waals surface area contributed by atoms with Crippen LogP contribution in [-0.4, -0.2) is 30.6 Å². The fraction of sp³-hybridized carbons (Fsp3) is 0.500. The standard InChI is InChI=1S/C12H16N2S/c1-9-2-3-12-11(6-9)13-7-10-8-15-5-4-14(10)12/h2-3,6,10,13H,4-5,7-8H2,1H3. The van der Waals surface area contributed by atoms with Gasteiger partial charge in [0.2, 0.25) is 0 Å². The number of anilines is 2. The lowest BCUT2D eigenvalue weighted by Crippen LogP contribution is -2.49. The van der Waals surface area contributed by atoms with Crippen molar-refractivity contribution in [1.82, 2.24) is 0 Å². The van der Waals surface area contributed by atoms with E-state index in [9.17, 15) is 0 Å². The minimum absolute atomic E-state index is 0.693. The van der Waals surface area contributed by atoms with Crippen molar-refractivity contribution in [2.24, 2.45) is 0 Å². The number of hydrogen-bond acceptors (Lipinski definition) is 3. The third-order valence-electron chi connectivity index (χ3n) is 3.22. The SMILES string of the molecule is Cc1ccc2c(c1)NCC1CSCCN21. The summed E-state index contributed by atoms with van der Waals surface area (Å²) >= 11 is 2.08. The third-order valence-corrected chi connectivity index (χ3v) is 4.31. The maximum Gasteiger partial charge on any atom is 0.0605 e. The molecule has 0 bridgehead atoms. The van der Waals surface area contributed by atoms with Crippen molar-refractivity contribution in [3.05, 3.63) is 23.8 Å². The molecule has 0 amide bonds. The third kappa shape index (κ3) is 1.59. The quantitative estimate of drug-likeness (QED) is 0.722. The molecule has 0 aliphatic carbocycles. The van der Waals surface area contributed by atoms with Gasteiger partial charge in [0.1, 0.15) is 0 Å². The summed E-state index contributed by atoms with van der Waals surface area (Å²) < 4.78 is 0. The minimum Gasteiger partial charge on any atom is -0.381 e. The maximum absolute atomic E-state index is 3.55. The highest BCUT2D eigenvalue weighted by Gasteiger charge is 2.28. The Hall–Kier alpha value is -0.830. The summed E-state index contributed by atoms with van der Waals surface area (Å²) in [7, 11) is 0. The van der Waals surface area contributed by atoms with Gasteiger partial charge in [-0.15, -0.1) is 0 Å². The van der Waals surface area contributed by atoms with Crippen molar-refractivity contribution in [1.29, 1.82) is 0 Å². The van der Waals surface area contributed by atoms with E-state index < -0.39 is 0 Å². The molecule has 0 spiro atoms. The molecule has 1 saturated heterocycles. The fourth-order valence-corrected chi connectivity index (χ4v) is 3.47. The lowest BCUT2D eigenvalue weighted by Gasteiger charge is -2.42. The molecule has 1 aromatic rings. The van der Waals surface area contributed by atoms with Gasteiger partial charge in [0.15, 0.2) is 0 Å². The zero-order chi connectivity index (χ0) is 10.3. The van der Waals surface area contributed by atoms with Crippen LogP contribution in [0.15, 0.2) is 18.2 Å². The van der Waals surface area contributed by atoms with Gasteiger partial charge < -0.3 is 10.2 Å². The number of nitrogens with one attached hydrogen (secondary N) is 1. The Morgan fingerprint density at radius 1 is 1.47 bits per heavy atom. The van der Waals surface area contributed by atoms with Crippen LogP contribution in [0.5, 0.6) is 0 Å². The second-order valence-electron chi connectivity index (χ2n) is 4.32. The van der Waals surface area contributed by atoms with Gasteiger partial charge in [-0.1, -0.05) is 6.07 Å². The predicted octanol–water partition coefficient (Wildman–Crippen LogP) is 2.34. The molecule has 0 saturated carbocycles. The Kier molecular flexibility index (Phi) is 2.28. The second kappa shape index (κ2) is 3.63. The number of benzene rings is 1. The molecule has 2 heterocycles. The summed E-state index contributed by atoms with van der Waals surface area (Å²) in [5.74, 6) is 2.53. The lowest BCUT2D eigenvalue weighted by atomic mass is 10.1. The average Bonchev–Trinajstić information content (AvgIpc) is 2.28. The van der Waals surface area contributed by atoms with E-state index in [0.29, 0.717) is 6.04 Å². The zero-order valence-corrected chi connectivity index (χ0v) is 9.81. The number of thioether (sulfide) groups is 1. The van der Waals surface area contributed by atoms with Crippen LogP contribution < -0.4 is 10.2 Å². The molecule has 3 rings (SSSR count). The van der Waals surface area contributed by atoms with Gasteiger partial charge in [-0.05, 0) is 24.6 Å². The molecular weight excluding hydrogens is 204 g/mol. The van der Waals surface area contributed by atoms with Crippen LogP contribution in [0.3, 0.4) is 0 Å². The van der Waals surface area contributed by atoms with E-state index in [4.69, 9.17) is 0 Å². The number of aryl methyl sites for hydroxylation is 1. The van der Waals surface area contributed by atoms with Crippen LogP contribution in [-0.2, 0) is 0 Å². The van der Waals surface area contributed by atoms with E-state index in [2.05, 4.69) is 47.1 Å². The molecule has 1 atom stereocenters. The first kappa shape index (κ1) is 9.40. The molecule has 2 aliphatic heterocycles. The molecule has 80 valence electrons. The molecule has 2 aliphatic rings. The predicted molar refractivity (Wildman–Crippen MR) is 68.1 cm³/mol. The van der Waals surface area contributed by atoms with Gasteiger partial charge in [-0.2, -0.15) is 11.8 Å². The molecule has 1 N–H and O–H groups in total. The van der Waals surface area contributed by atoms with Gasteiger partial charge in [0.05, 0.1) is 17.4 Å². The Labute approximate surface area is 95.0 Å². The number of rotatable bonds is 0. The highest BCUT2D eigenvalue weighted by molar-refractivity contribution is 7.99. The van der Waals surface area contributed by atoms with E-state index in [1.807, 2.05) is 0 Å². The van der Waals surface area contributed by atoms with Gasteiger partial charge in [0, 0.05) is 24.6 Å². The molecule has 2 nitrogen and oxygen atoms in total. The largest absolute Gasteiger partial charge is 0.381 e. The van der Waals surface area contributed by atoms with Gasteiger partial charge >= 0.3 is 0 Å². The first-order chi connectivity index (χ1) is 7.34. The molecule has 0 aromatic heterocycles. The summed E-state index contributed by atoms with van der Waals surface area (Å²) in [6.07, 6.45) is 0. The molecule has 1 fully saturated rings. The Morgan fingerprint density at radius 2 is 2.40 bits per heavy atom. The highest BCUT2D eigenvalue weighted by atomic mass is 32.2. The Bertz CT molecular complexity index is 378. The van der Waals surface area contributed by atoms with Crippen molar-refractivity contribution < 1.29 is 0 Å². The van der Waals surface area contributed by atoms with Crippen molar-refractivity contribution in [3.63, 3.8) is 0 Å². The summed E-state index contributed by atoms with van der Waals surface area (Å²) in [6, 6.07) is 7.43. The van der Waals surface area contributed by atoms with Crippen LogP contribution in [0.2, 0.25) is 0 Å². The van der Waals surface area contributed by atoms with Crippen LogP contribution in [0.4, 0.5) is 11.4 Å². The van der Waals surface area contributed by atoms with Crippen molar-refractivity contribution >= 4 is 23.1 Å². The summed E-state index contributed by atoms with van der Waals surface area (Å²) in [4.78, 5) is 2.57. The normalized spacial score (nSPS) is 24.1. The van der Waals surface area contributed by atoms with E-state index in [0.717, 1.165) is 6.54 Å². The first-order valence-corrected chi connectivity index (χ1v) is 6.69. The Balaban J connectivity index is 1.99. The fourth-order valence-electron chi connectivity index (χ4n) is 2.41. The van der Waals surface area contributed by atoms with Gasteiger partial charge in [-0.3, -0.25) is 0 Å². The van der Waals surface area contributed by atoms with Crippen LogP contribution in [0, 0.1) is 6.92 Å². The molecule has 1 unspecified atom stereocenters. The number of nitrogens with zero attached hydrogens (tertiary/aromatic N) is 1. The number of hydrogen-bond donors (Lipinski definition) is 1. The van der Waals surface area contributed by atoms with Gasteiger partial charge in [-0.25, -0.2) is 0 Å². The molecule has 1 aromatic carbocycles. The van der Waals surface area contributed by atoms with Crippen molar-refractivity contribution in [2.45, 2.75) is 13.0 Å². The van der Waals surface area contributed by atoms with Crippen LogP contribution in [0.1, 0.15) is 5.56 Å². The van der Waals surface area contributed by atoms with E-state index in [1.165, 1.54) is 35.0 Å². The highest BCUT2D eigenvalue weighted by Crippen LogP contribution is 2.34. The Morgan fingerprint density at radius 3 is 3.33 bits per heavy atom. The molecule has 0 radical (unpaired) electrons. The minimum atomic E-state index is 0.693. The number of fused-ring (bicyclic) bond motifs is 3. The van der Waals surface area contributed by atoms with Crippen LogP contribution in [0.25, 0.3) is 0 Å². The molecule has 3 heteroatoms. The van der Waals surface area contributed by atoms with Crippen molar-refractivity contribution in [3.8, 4) is 0 Å². The summed E-state index contributed by atoms with van der Waals surface area (Å²) in [6.45, 7) is 4.45. The van der Waals surface area contributed by atoms with E-state index >= 15 is 0 Å². The smallest absolute Gasteiger partial charge is 0.0605 e. The van der Waals surface area contributed by atoms with Gasteiger partial charge in [0.25, 0.3) is 0 Å². The zero-order valence-electron chi connectivity index (χ0n) is 8.99. The second-order valence-corrected chi connectivity index (χ2v) is 5.47. The van der Waals surface area contributed by atoms with Crippen LogP contribution >= 0.6 is 11.8 Å². The molecule has 15 heavy (non-hydrogen) atoms. The summed E-state index contributed by atoms with van der Waals surface area (Å²) in [5, 5.41) is 3.55. The average molecular weight is 220 g/mol. The maximum atomic E-state index is 3.55. The lowest BCUT2D eigenvalue weighted by molar-refractivity contribution is 0.656. The van der Waals surface area contributed by atoms with E-state index in [-0.39, 0.29) is 0 Å². The molecular formula is C12H16N2S. The summed E-state index contributed by atoms with van der Waals surface area (Å²) in [5.41, 5.74) is 4.06. The van der Waals surface area contributed by atoms with Crippen molar-refractivity contribution in [2.75, 3.05) is 34.8 Å².